The molecule has 0 radical (unpaired) electrons. The van der Waals surface area contributed by atoms with Gasteiger partial charge in [-0.3, -0.25) is 14.9 Å². The smallest absolute Gasteiger partial charge is 0.310 e. The van der Waals surface area contributed by atoms with Crippen LogP contribution < -0.4 is 0 Å². The molecule has 7 heteroatoms. The first kappa shape index (κ1) is 12.0. The summed E-state index contributed by atoms with van der Waals surface area (Å²) in [6.07, 6.45) is -0.475. The van der Waals surface area contributed by atoms with Gasteiger partial charge in [-0.15, -0.1) is 0 Å². The molecule has 0 aromatic heterocycles. The monoisotopic (exact) mass is 231 g/mol. The molecule has 0 saturated heterocycles. The first-order valence-electron chi connectivity index (χ1n) is 4.15. The largest absolute Gasteiger partial charge is 0.469 e. The molecule has 0 heterocycles. The highest BCUT2D eigenvalue weighted by molar-refractivity contribution is 5.72. The third-order valence-corrected chi connectivity index (χ3v) is 1.90. The summed E-state index contributed by atoms with van der Waals surface area (Å²) >= 11 is 0. The number of carbonyl (C=O) groups is 1. The lowest BCUT2D eigenvalue weighted by Gasteiger charge is -2.02. The number of nitro benzene ring substituents is 1. The van der Waals surface area contributed by atoms with Gasteiger partial charge in [-0.25, -0.2) is 4.39 Å². The first-order valence-corrected chi connectivity index (χ1v) is 4.15. The molecule has 0 atom stereocenters. The Balaban J connectivity index is 3.12. The number of halogens is 2. The van der Waals surface area contributed by atoms with E-state index in [1.165, 1.54) is 0 Å². The molecule has 0 aliphatic heterocycles. The Morgan fingerprint density at radius 3 is 2.56 bits per heavy atom. The number of nitro groups is 1. The predicted molar refractivity (Wildman–Crippen MR) is 48.7 cm³/mol. The van der Waals surface area contributed by atoms with Gasteiger partial charge in [0, 0.05) is 11.6 Å². The Morgan fingerprint density at radius 1 is 1.44 bits per heavy atom. The molecule has 0 aliphatic rings. The van der Waals surface area contributed by atoms with Gasteiger partial charge in [0.15, 0.2) is 5.82 Å². The van der Waals surface area contributed by atoms with Crippen molar-refractivity contribution in [2.75, 3.05) is 7.11 Å². The van der Waals surface area contributed by atoms with Crippen molar-refractivity contribution in [3.05, 3.63) is 39.4 Å². The molecule has 0 fully saturated rings. The highest BCUT2D eigenvalue weighted by Crippen LogP contribution is 2.22. The van der Waals surface area contributed by atoms with E-state index in [-0.39, 0.29) is 5.56 Å². The normalized spacial score (nSPS) is 9.94. The number of hydrogen-bond donors (Lipinski definition) is 0. The summed E-state index contributed by atoms with van der Waals surface area (Å²) < 4.78 is 30.6. The van der Waals surface area contributed by atoms with Gasteiger partial charge in [-0.2, -0.15) is 4.39 Å². The number of hydrogen-bond acceptors (Lipinski definition) is 4. The van der Waals surface area contributed by atoms with Gasteiger partial charge in [0.1, 0.15) is 0 Å². The maximum Gasteiger partial charge on any atom is 0.310 e. The topological polar surface area (TPSA) is 69.4 Å². The molecule has 16 heavy (non-hydrogen) atoms. The fourth-order valence-electron chi connectivity index (χ4n) is 1.08. The second-order valence-corrected chi connectivity index (χ2v) is 2.88. The van der Waals surface area contributed by atoms with E-state index >= 15 is 0 Å². The molecule has 1 aromatic carbocycles. The summed E-state index contributed by atoms with van der Waals surface area (Å²) in [6.45, 7) is 0. The highest BCUT2D eigenvalue weighted by atomic mass is 19.2. The fourth-order valence-corrected chi connectivity index (χ4v) is 1.08. The summed E-state index contributed by atoms with van der Waals surface area (Å²) in [6, 6.07) is 1.78. The molecule has 0 spiro atoms. The van der Waals surface area contributed by atoms with Crippen LogP contribution in [-0.4, -0.2) is 18.0 Å². The summed E-state index contributed by atoms with van der Waals surface area (Å²) in [5.41, 5.74) is -1.25. The van der Waals surface area contributed by atoms with Crippen molar-refractivity contribution in [3.8, 4) is 0 Å². The van der Waals surface area contributed by atoms with Gasteiger partial charge in [0.2, 0.25) is 5.82 Å². The highest BCUT2D eigenvalue weighted by Gasteiger charge is 2.22. The van der Waals surface area contributed by atoms with Crippen LogP contribution in [0.5, 0.6) is 0 Å². The van der Waals surface area contributed by atoms with Crippen LogP contribution in [0.15, 0.2) is 12.1 Å². The average molecular weight is 231 g/mol. The lowest BCUT2D eigenvalue weighted by Crippen LogP contribution is -2.08. The fraction of sp³-hybridized carbons (Fsp3) is 0.222. The van der Waals surface area contributed by atoms with Crippen molar-refractivity contribution in [1.29, 1.82) is 0 Å². The van der Waals surface area contributed by atoms with Gasteiger partial charge in [-0.05, 0) is 6.07 Å². The molecule has 0 aliphatic carbocycles. The number of nitrogens with zero attached hydrogens (tertiary/aromatic N) is 1. The number of carbonyl (C=O) groups excluding carboxylic acids is 1. The van der Waals surface area contributed by atoms with E-state index in [4.69, 9.17) is 0 Å². The van der Waals surface area contributed by atoms with Gasteiger partial charge in [-0.1, -0.05) is 0 Å². The van der Waals surface area contributed by atoms with E-state index in [0.717, 1.165) is 19.2 Å². The second-order valence-electron chi connectivity index (χ2n) is 2.88. The van der Waals surface area contributed by atoms with Gasteiger partial charge in [0.25, 0.3) is 0 Å². The molecule has 0 amide bonds. The van der Waals surface area contributed by atoms with Gasteiger partial charge < -0.3 is 4.74 Å². The van der Waals surface area contributed by atoms with Crippen LogP contribution in [0.25, 0.3) is 0 Å². The molecule has 0 unspecified atom stereocenters. The van der Waals surface area contributed by atoms with Crippen molar-refractivity contribution in [2.45, 2.75) is 6.42 Å². The van der Waals surface area contributed by atoms with Crippen molar-refractivity contribution in [2.24, 2.45) is 0 Å². The Kier molecular flexibility index (Phi) is 3.49. The van der Waals surface area contributed by atoms with Crippen molar-refractivity contribution in [1.82, 2.24) is 0 Å². The predicted octanol–water partition coefficient (Wildman–Crippen LogP) is 1.59. The molecule has 86 valence electrons. The van der Waals surface area contributed by atoms with Crippen molar-refractivity contribution >= 4 is 11.7 Å². The van der Waals surface area contributed by atoms with Gasteiger partial charge >= 0.3 is 11.7 Å². The zero-order chi connectivity index (χ0) is 12.3. The third kappa shape index (κ3) is 2.30. The summed E-state index contributed by atoms with van der Waals surface area (Å²) in [4.78, 5) is 20.0. The maximum atomic E-state index is 13.2. The Morgan fingerprint density at radius 2 is 2.06 bits per heavy atom. The zero-order valence-corrected chi connectivity index (χ0v) is 8.20. The molecule has 0 N–H and O–H groups in total. The maximum absolute atomic E-state index is 13.2. The standard InChI is InChI=1S/C9H7F2NO4/c1-16-7(13)4-5-2-3-6(12(14)15)9(11)8(5)10/h2-3H,4H2,1H3. The molecular weight excluding hydrogens is 224 g/mol. The zero-order valence-electron chi connectivity index (χ0n) is 8.20. The van der Waals surface area contributed by atoms with E-state index < -0.39 is 34.6 Å². The minimum absolute atomic E-state index is 0.282. The van der Waals surface area contributed by atoms with E-state index in [9.17, 15) is 23.7 Å². The lowest BCUT2D eigenvalue weighted by atomic mass is 10.1. The molecular formula is C9H7F2NO4. The van der Waals surface area contributed by atoms with E-state index in [0.29, 0.717) is 0 Å². The Labute approximate surface area is 88.8 Å². The number of methoxy groups -OCH3 is 1. The molecule has 1 aromatic rings. The molecule has 5 nitrogen and oxygen atoms in total. The van der Waals surface area contributed by atoms with Crippen LogP contribution in [-0.2, 0) is 16.0 Å². The average Bonchev–Trinajstić information content (AvgIpc) is 2.24. The minimum Gasteiger partial charge on any atom is -0.469 e. The van der Waals surface area contributed by atoms with E-state index in [1.54, 1.807) is 0 Å². The number of rotatable bonds is 3. The van der Waals surface area contributed by atoms with Gasteiger partial charge in [0.05, 0.1) is 18.5 Å². The first-order chi connectivity index (χ1) is 7.47. The summed E-state index contributed by atoms with van der Waals surface area (Å²) in [5, 5.41) is 10.3. The number of esters is 1. The quantitative estimate of drug-likeness (QED) is 0.450. The van der Waals surface area contributed by atoms with Crippen LogP contribution >= 0.6 is 0 Å². The Bertz CT molecular complexity index is 447. The van der Waals surface area contributed by atoms with Crippen LogP contribution in [0.3, 0.4) is 0 Å². The van der Waals surface area contributed by atoms with E-state index in [1.807, 2.05) is 0 Å². The van der Waals surface area contributed by atoms with Crippen LogP contribution in [0.4, 0.5) is 14.5 Å². The molecule has 1 rings (SSSR count). The Hall–Kier alpha value is -2.05. The second kappa shape index (κ2) is 4.65. The SMILES string of the molecule is COC(=O)Cc1ccc([N+](=O)[O-])c(F)c1F. The van der Waals surface area contributed by atoms with Crippen LogP contribution in [0, 0.1) is 21.7 Å². The van der Waals surface area contributed by atoms with Crippen molar-refractivity contribution in [3.63, 3.8) is 0 Å². The third-order valence-electron chi connectivity index (χ3n) is 1.90. The summed E-state index contributed by atoms with van der Waals surface area (Å²) in [5.74, 6) is -3.74. The van der Waals surface area contributed by atoms with E-state index in [2.05, 4.69) is 4.74 Å². The summed E-state index contributed by atoms with van der Waals surface area (Å²) in [7, 11) is 1.10. The lowest BCUT2D eigenvalue weighted by molar-refractivity contribution is -0.387. The van der Waals surface area contributed by atoms with Crippen molar-refractivity contribution < 1.29 is 23.2 Å². The molecule has 0 saturated carbocycles. The molecule has 0 bridgehead atoms. The van der Waals surface area contributed by atoms with Crippen LogP contribution in [0.2, 0.25) is 0 Å². The van der Waals surface area contributed by atoms with Crippen LogP contribution in [0.1, 0.15) is 5.56 Å². The number of benzene rings is 1. The minimum atomic E-state index is -1.58. The number of ether oxygens (including phenoxy) is 1.